The molecule has 1 N–H and O–H groups in total. The van der Waals surface area contributed by atoms with Gasteiger partial charge in [-0.1, -0.05) is 25.1 Å². The van der Waals surface area contributed by atoms with Crippen LogP contribution in [0.1, 0.15) is 26.2 Å². The maximum atomic E-state index is 12.4. The molecule has 2 rings (SSSR count). The van der Waals surface area contributed by atoms with Crippen molar-refractivity contribution in [3.8, 4) is 0 Å². The van der Waals surface area contributed by atoms with Gasteiger partial charge in [-0.05, 0) is 49.3 Å². The summed E-state index contributed by atoms with van der Waals surface area (Å²) in [6.45, 7) is 2.77. The van der Waals surface area contributed by atoms with E-state index < -0.39 is 15.6 Å². The van der Waals surface area contributed by atoms with Crippen molar-refractivity contribution in [3.63, 3.8) is 0 Å². The fourth-order valence-corrected chi connectivity index (χ4v) is 5.30. The number of thioether (sulfide) groups is 1. The van der Waals surface area contributed by atoms with Gasteiger partial charge in [0.15, 0.2) is 14.9 Å². The van der Waals surface area contributed by atoms with Crippen molar-refractivity contribution in [2.75, 3.05) is 23.4 Å². The highest BCUT2D eigenvalue weighted by atomic mass is 32.2. The van der Waals surface area contributed by atoms with Crippen molar-refractivity contribution in [2.24, 2.45) is 0 Å². The van der Waals surface area contributed by atoms with Crippen LogP contribution in [0.25, 0.3) is 0 Å². The summed E-state index contributed by atoms with van der Waals surface area (Å²) >= 11 is 5.97. The van der Waals surface area contributed by atoms with Gasteiger partial charge in [0.25, 0.3) is 5.76 Å². The lowest BCUT2D eigenvalue weighted by molar-refractivity contribution is 0.252. The molecule has 0 amide bonds. The number of nitrogens with zero attached hydrogens (tertiary/aromatic N) is 1. The average molecular weight is 409 g/mol. The SMILES string of the molecule is CCCCN(C(=S)Nc1ccc(SC(F)F)cc1)[C@@H]1CCS(=O)(=O)C1. The molecule has 1 aromatic carbocycles. The lowest BCUT2D eigenvalue weighted by Crippen LogP contribution is -2.44. The van der Waals surface area contributed by atoms with E-state index >= 15 is 0 Å². The molecule has 140 valence electrons. The van der Waals surface area contributed by atoms with Crippen molar-refractivity contribution in [1.82, 2.24) is 4.90 Å². The predicted molar refractivity (Wildman–Crippen MR) is 103 cm³/mol. The highest BCUT2D eigenvalue weighted by Gasteiger charge is 2.33. The van der Waals surface area contributed by atoms with Crippen LogP contribution in [-0.2, 0) is 9.84 Å². The lowest BCUT2D eigenvalue weighted by Gasteiger charge is -2.31. The maximum Gasteiger partial charge on any atom is 0.288 e. The van der Waals surface area contributed by atoms with Gasteiger partial charge in [-0.15, -0.1) is 0 Å². The molecule has 0 spiro atoms. The monoisotopic (exact) mass is 408 g/mol. The first-order valence-corrected chi connectivity index (χ1v) is 11.2. The van der Waals surface area contributed by atoms with E-state index in [0.717, 1.165) is 12.8 Å². The number of sulfone groups is 1. The van der Waals surface area contributed by atoms with E-state index in [0.29, 0.717) is 40.4 Å². The molecule has 0 aromatic heterocycles. The summed E-state index contributed by atoms with van der Waals surface area (Å²) in [5, 5.41) is 3.58. The van der Waals surface area contributed by atoms with Crippen molar-refractivity contribution in [1.29, 1.82) is 0 Å². The highest BCUT2D eigenvalue weighted by Crippen LogP contribution is 2.26. The predicted octanol–water partition coefficient (Wildman–Crippen LogP) is 3.99. The van der Waals surface area contributed by atoms with Crippen LogP contribution in [0.15, 0.2) is 29.2 Å². The van der Waals surface area contributed by atoms with Gasteiger partial charge in [0.05, 0.1) is 11.5 Å². The number of hydrogen-bond donors (Lipinski definition) is 1. The molecule has 0 bridgehead atoms. The summed E-state index contributed by atoms with van der Waals surface area (Å²) < 4.78 is 48.3. The first kappa shape index (κ1) is 20.4. The van der Waals surface area contributed by atoms with Crippen LogP contribution in [0.5, 0.6) is 0 Å². The second-order valence-electron chi connectivity index (χ2n) is 5.94. The minimum Gasteiger partial charge on any atom is -0.345 e. The lowest BCUT2D eigenvalue weighted by atomic mass is 10.2. The molecule has 25 heavy (non-hydrogen) atoms. The normalized spacial score (nSPS) is 19.1. The quantitative estimate of drug-likeness (QED) is 0.544. The summed E-state index contributed by atoms with van der Waals surface area (Å²) in [6, 6.07) is 6.50. The number of benzene rings is 1. The van der Waals surface area contributed by atoms with Gasteiger partial charge in [-0.2, -0.15) is 8.78 Å². The molecule has 0 aliphatic carbocycles. The van der Waals surface area contributed by atoms with E-state index in [1.165, 1.54) is 0 Å². The molecule has 0 radical (unpaired) electrons. The number of unbranched alkanes of at least 4 members (excludes halogenated alkanes) is 1. The van der Waals surface area contributed by atoms with E-state index in [4.69, 9.17) is 12.2 Å². The van der Waals surface area contributed by atoms with Crippen molar-refractivity contribution in [2.45, 2.75) is 42.9 Å². The number of anilines is 1. The molecular formula is C16H22F2N2O2S3. The van der Waals surface area contributed by atoms with Gasteiger partial charge in [0.2, 0.25) is 0 Å². The van der Waals surface area contributed by atoms with E-state index in [1.807, 2.05) is 4.90 Å². The Balaban J connectivity index is 2.03. The van der Waals surface area contributed by atoms with Gasteiger partial charge in [-0.3, -0.25) is 0 Å². The smallest absolute Gasteiger partial charge is 0.288 e. The minimum absolute atomic E-state index is 0.106. The number of alkyl halides is 2. The molecular weight excluding hydrogens is 386 g/mol. The van der Waals surface area contributed by atoms with E-state index in [2.05, 4.69) is 12.2 Å². The topological polar surface area (TPSA) is 49.4 Å². The zero-order valence-electron chi connectivity index (χ0n) is 14.0. The molecule has 1 fully saturated rings. The largest absolute Gasteiger partial charge is 0.345 e. The van der Waals surface area contributed by atoms with Crippen LogP contribution in [0.3, 0.4) is 0 Å². The van der Waals surface area contributed by atoms with Crippen molar-refractivity contribution < 1.29 is 17.2 Å². The van der Waals surface area contributed by atoms with Crippen molar-refractivity contribution in [3.05, 3.63) is 24.3 Å². The van der Waals surface area contributed by atoms with Crippen molar-refractivity contribution >= 4 is 44.6 Å². The highest BCUT2D eigenvalue weighted by molar-refractivity contribution is 7.99. The Morgan fingerprint density at radius 3 is 2.60 bits per heavy atom. The minimum atomic E-state index is -2.99. The van der Waals surface area contributed by atoms with Gasteiger partial charge >= 0.3 is 0 Å². The summed E-state index contributed by atoms with van der Waals surface area (Å²) in [5.74, 6) is -2.13. The molecule has 1 aliphatic rings. The number of hydrogen-bond acceptors (Lipinski definition) is 4. The molecule has 1 saturated heterocycles. The Morgan fingerprint density at radius 1 is 1.40 bits per heavy atom. The molecule has 1 atom stereocenters. The van der Waals surface area contributed by atoms with Gasteiger partial charge in [0, 0.05) is 23.2 Å². The van der Waals surface area contributed by atoms with Gasteiger partial charge in [0.1, 0.15) is 0 Å². The standard InChI is InChI=1S/C16H22F2N2O2S3/c1-2-3-9-20(13-8-10-25(21,22)11-13)16(23)19-12-4-6-14(7-5-12)24-15(17)18/h4-7,13,15H,2-3,8-11H2,1H3,(H,19,23)/t13-/m1/s1. The van der Waals surface area contributed by atoms with Gasteiger partial charge in [-0.25, -0.2) is 8.42 Å². The summed E-state index contributed by atoms with van der Waals surface area (Å²) in [6.07, 6.45) is 2.48. The fourth-order valence-electron chi connectivity index (χ4n) is 2.71. The molecule has 4 nitrogen and oxygen atoms in total. The number of halogens is 2. The number of thiocarbonyl (C=S) groups is 1. The van der Waals surface area contributed by atoms with Gasteiger partial charge < -0.3 is 10.2 Å². The maximum absolute atomic E-state index is 12.4. The van der Waals surface area contributed by atoms with E-state index in [1.54, 1.807) is 24.3 Å². The zero-order chi connectivity index (χ0) is 18.4. The number of nitrogens with one attached hydrogen (secondary N) is 1. The average Bonchev–Trinajstić information content (AvgIpc) is 2.89. The summed E-state index contributed by atoms with van der Waals surface area (Å²) in [5.41, 5.74) is 0.700. The Kier molecular flexibility index (Phi) is 7.45. The molecule has 1 aliphatic heterocycles. The number of rotatable bonds is 7. The van der Waals surface area contributed by atoms with Crippen LogP contribution < -0.4 is 5.32 Å². The van der Waals surface area contributed by atoms with E-state index in [-0.39, 0.29) is 17.5 Å². The van der Waals surface area contributed by atoms with Crippen LogP contribution >= 0.6 is 24.0 Å². The second kappa shape index (κ2) is 9.14. The third-order valence-electron chi connectivity index (χ3n) is 3.99. The van der Waals surface area contributed by atoms with Crippen LogP contribution in [0, 0.1) is 0 Å². The van der Waals surface area contributed by atoms with Crippen LogP contribution in [-0.4, -0.2) is 48.3 Å². The first-order chi connectivity index (χ1) is 11.8. The molecule has 9 heteroatoms. The molecule has 1 heterocycles. The Bertz CT molecular complexity index is 681. The zero-order valence-corrected chi connectivity index (χ0v) is 16.4. The molecule has 0 saturated carbocycles. The molecule has 0 unspecified atom stereocenters. The third-order valence-corrected chi connectivity index (χ3v) is 6.80. The van der Waals surface area contributed by atoms with Crippen LogP contribution in [0.2, 0.25) is 0 Å². The summed E-state index contributed by atoms with van der Waals surface area (Å²) in [4.78, 5) is 2.43. The Labute approximate surface area is 157 Å². The third kappa shape index (κ3) is 6.38. The Hall–Kier alpha value is -0.930. The summed E-state index contributed by atoms with van der Waals surface area (Å²) in [7, 11) is -2.99. The molecule has 1 aromatic rings. The fraction of sp³-hybridized carbons (Fsp3) is 0.562. The second-order valence-corrected chi connectivity index (χ2v) is 9.62. The van der Waals surface area contributed by atoms with Crippen LogP contribution in [0.4, 0.5) is 14.5 Å². The Morgan fingerprint density at radius 2 is 2.08 bits per heavy atom. The first-order valence-electron chi connectivity index (χ1n) is 8.13. The van der Waals surface area contributed by atoms with E-state index in [9.17, 15) is 17.2 Å².